The molecule has 1 rings (SSSR count). The lowest BCUT2D eigenvalue weighted by atomic mass is 10.2. The van der Waals surface area contributed by atoms with Crippen LogP contribution in [0.15, 0.2) is 4.99 Å². The second-order valence-electron chi connectivity index (χ2n) is 2.51. The van der Waals surface area contributed by atoms with Crippen molar-refractivity contribution in [3.05, 3.63) is 16.3 Å². The smallest absolute Gasteiger partial charge is 0.201 e. The van der Waals surface area contributed by atoms with Crippen molar-refractivity contribution in [2.24, 2.45) is 12.0 Å². The minimum absolute atomic E-state index is 0.0577. The molecule has 0 bridgehead atoms. The summed E-state index contributed by atoms with van der Waals surface area (Å²) in [5.74, 6) is -0.0577. The molecule has 0 amide bonds. The third-order valence-electron chi connectivity index (χ3n) is 1.74. The fourth-order valence-corrected chi connectivity index (χ4v) is 1.28. The highest BCUT2D eigenvalue weighted by Crippen LogP contribution is 2.28. The second-order valence-corrected chi connectivity index (χ2v) is 2.86. The Bertz CT molecular complexity index is 369. The Balaban J connectivity index is 3.47. The lowest BCUT2D eigenvalue weighted by Crippen LogP contribution is -1.86. The quantitative estimate of drug-likeness (QED) is 0.577. The van der Waals surface area contributed by atoms with Crippen LogP contribution in [0, 0.1) is 0 Å². The first-order valence-electron chi connectivity index (χ1n) is 3.58. The second kappa shape index (κ2) is 3.62. The predicted octanol–water partition coefficient (Wildman–Crippen LogP) is 1.25. The Labute approximate surface area is 80.5 Å². The van der Waals surface area contributed by atoms with Crippen LogP contribution in [-0.4, -0.2) is 29.2 Å². The fraction of sp³-hybridized carbons (Fsp3) is 0.250. The van der Waals surface area contributed by atoms with Crippen molar-refractivity contribution >= 4 is 24.1 Å². The van der Waals surface area contributed by atoms with E-state index in [-0.39, 0.29) is 16.6 Å². The molecule has 13 heavy (non-hydrogen) atoms. The van der Waals surface area contributed by atoms with Gasteiger partial charge in [-0.3, -0.25) is 9.79 Å². The topological polar surface area (TPSA) is 54.6 Å². The zero-order chi connectivity index (χ0) is 10.0. The predicted molar refractivity (Wildman–Crippen MR) is 51.0 cm³/mol. The molecule has 0 fully saturated rings. The molecular formula is C8H9ClN2O2. The maximum absolute atomic E-state index is 10.6. The van der Waals surface area contributed by atoms with E-state index in [4.69, 9.17) is 11.6 Å². The number of nitrogens with zero attached hydrogens (tertiary/aromatic N) is 2. The maximum Gasteiger partial charge on any atom is 0.201 e. The Morgan fingerprint density at radius 2 is 2.15 bits per heavy atom. The van der Waals surface area contributed by atoms with E-state index in [1.165, 1.54) is 10.8 Å². The van der Waals surface area contributed by atoms with Gasteiger partial charge in [-0.1, -0.05) is 11.6 Å². The van der Waals surface area contributed by atoms with E-state index in [1.54, 1.807) is 14.1 Å². The summed E-state index contributed by atoms with van der Waals surface area (Å²) in [5.41, 5.74) is 0.609. The summed E-state index contributed by atoms with van der Waals surface area (Å²) in [5, 5.41) is 9.70. The largest absolute Gasteiger partial charge is 0.494 e. The van der Waals surface area contributed by atoms with Crippen molar-refractivity contribution in [3.63, 3.8) is 0 Å². The molecule has 0 aliphatic rings. The average Bonchev–Trinajstić information content (AvgIpc) is 2.32. The number of carbonyl (C=O) groups is 1. The van der Waals surface area contributed by atoms with Crippen molar-refractivity contribution < 1.29 is 9.90 Å². The summed E-state index contributed by atoms with van der Waals surface area (Å²) >= 11 is 5.77. The molecule has 70 valence electrons. The molecule has 0 spiro atoms. The van der Waals surface area contributed by atoms with E-state index in [2.05, 4.69) is 4.99 Å². The molecule has 0 aliphatic heterocycles. The Hall–Kier alpha value is -1.29. The average molecular weight is 201 g/mol. The van der Waals surface area contributed by atoms with Gasteiger partial charge in [0.15, 0.2) is 6.29 Å². The Kier molecular flexibility index (Phi) is 2.72. The summed E-state index contributed by atoms with van der Waals surface area (Å²) in [6, 6.07) is 0. The lowest BCUT2D eigenvalue weighted by Gasteiger charge is -1.94. The van der Waals surface area contributed by atoms with E-state index in [9.17, 15) is 9.90 Å². The van der Waals surface area contributed by atoms with Crippen molar-refractivity contribution in [2.45, 2.75) is 0 Å². The van der Waals surface area contributed by atoms with Crippen LogP contribution in [0.5, 0.6) is 5.88 Å². The molecule has 1 heterocycles. The summed E-state index contributed by atoms with van der Waals surface area (Å²) in [6.45, 7) is 0. The minimum atomic E-state index is -0.0577. The summed E-state index contributed by atoms with van der Waals surface area (Å²) < 4.78 is 1.32. The molecule has 0 radical (unpaired) electrons. The number of rotatable bonds is 2. The molecule has 1 N–H and O–H groups in total. The van der Waals surface area contributed by atoms with Crippen LogP contribution in [0.3, 0.4) is 0 Å². The van der Waals surface area contributed by atoms with E-state index in [1.807, 2.05) is 0 Å². The fourth-order valence-electron chi connectivity index (χ4n) is 1.05. The Morgan fingerprint density at radius 1 is 1.54 bits per heavy atom. The lowest BCUT2D eigenvalue weighted by molar-refractivity contribution is 0.112. The van der Waals surface area contributed by atoms with Gasteiger partial charge >= 0.3 is 0 Å². The molecule has 1 aromatic heterocycles. The van der Waals surface area contributed by atoms with Gasteiger partial charge in [0.05, 0.1) is 11.1 Å². The summed E-state index contributed by atoms with van der Waals surface area (Å²) in [4.78, 5) is 14.3. The molecular weight excluding hydrogens is 192 g/mol. The SMILES string of the molecule is CN=Cc1c(C=O)c(Cl)n(C)c1O. The van der Waals surface area contributed by atoms with Crippen LogP contribution in [0.2, 0.25) is 5.15 Å². The van der Waals surface area contributed by atoms with Crippen molar-refractivity contribution in [3.8, 4) is 5.88 Å². The molecule has 4 nitrogen and oxygen atoms in total. The van der Waals surface area contributed by atoms with Gasteiger partial charge in [0.2, 0.25) is 5.88 Å². The van der Waals surface area contributed by atoms with Gasteiger partial charge in [0.25, 0.3) is 0 Å². The van der Waals surface area contributed by atoms with Crippen molar-refractivity contribution in [2.75, 3.05) is 7.05 Å². The summed E-state index contributed by atoms with van der Waals surface area (Å²) in [6.07, 6.45) is 1.99. The number of aliphatic imine (C=N–C) groups is 1. The number of halogens is 1. The monoisotopic (exact) mass is 200 g/mol. The first-order chi connectivity index (χ1) is 6.13. The van der Waals surface area contributed by atoms with Gasteiger partial charge in [0, 0.05) is 20.3 Å². The standard InChI is InChI=1S/C8H9ClN2O2/c1-10-3-5-6(4-12)7(9)11(2)8(5)13/h3-4,13H,1-2H3. The van der Waals surface area contributed by atoms with Gasteiger partial charge in [-0.05, 0) is 0 Å². The first-order valence-corrected chi connectivity index (χ1v) is 3.95. The zero-order valence-corrected chi connectivity index (χ0v) is 8.04. The maximum atomic E-state index is 10.6. The molecule has 0 unspecified atom stereocenters. The van der Waals surface area contributed by atoms with E-state index in [0.717, 1.165) is 0 Å². The third-order valence-corrected chi connectivity index (χ3v) is 2.20. The molecule has 5 heteroatoms. The number of hydrogen-bond acceptors (Lipinski definition) is 3. The molecule has 0 aromatic carbocycles. The number of carbonyl (C=O) groups excluding carboxylic acids is 1. The van der Waals surface area contributed by atoms with Crippen LogP contribution in [-0.2, 0) is 7.05 Å². The molecule has 0 aliphatic carbocycles. The van der Waals surface area contributed by atoms with Gasteiger partial charge in [-0.25, -0.2) is 0 Å². The van der Waals surface area contributed by atoms with E-state index >= 15 is 0 Å². The van der Waals surface area contributed by atoms with Crippen LogP contribution in [0.25, 0.3) is 0 Å². The number of hydrogen-bond donors (Lipinski definition) is 1. The molecule has 1 aromatic rings. The van der Waals surface area contributed by atoms with Gasteiger partial charge < -0.3 is 9.67 Å². The number of aldehydes is 1. The first kappa shape index (κ1) is 9.80. The van der Waals surface area contributed by atoms with Crippen molar-refractivity contribution in [1.29, 1.82) is 0 Å². The zero-order valence-electron chi connectivity index (χ0n) is 7.28. The van der Waals surface area contributed by atoms with Crippen LogP contribution in [0.4, 0.5) is 0 Å². The van der Waals surface area contributed by atoms with Gasteiger partial charge in [-0.15, -0.1) is 0 Å². The number of aromatic nitrogens is 1. The molecule has 0 atom stereocenters. The molecule has 0 saturated carbocycles. The normalized spacial score (nSPS) is 11.0. The highest BCUT2D eigenvalue weighted by Gasteiger charge is 2.16. The molecule has 0 saturated heterocycles. The summed E-state index contributed by atoms with van der Waals surface area (Å²) in [7, 11) is 3.12. The van der Waals surface area contributed by atoms with Crippen LogP contribution < -0.4 is 0 Å². The van der Waals surface area contributed by atoms with Gasteiger partial charge in [0.1, 0.15) is 5.15 Å². The Morgan fingerprint density at radius 3 is 2.62 bits per heavy atom. The van der Waals surface area contributed by atoms with Gasteiger partial charge in [-0.2, -0.15) is 0 Å². The van der Waals surface area contributed by atoms with Crippen LogP contribution in [0.1, 0.15) is 15.9 Å². The van der Waals surface area contributed by atoms with Crippen LogP contribution >= 0.6 is 11.6 Å². The highest BCUT2D eigenvalue weighted by atomic mass is 35.5. The third kappa shape index (κ3) is 1.45. The van der Waals surface area contributed by atoms with E-state index in [0.29, 0.717) is 11.8 Å². The minimum Gasteiger partial charge on any atom is -0.494 e. The van der Waals surface area contributed by atoms with Crippen molar-refractivity contribution in [1.82, 2.24) is 4.57 Å². The number of aromatic hydroxyl groups is 1. The highest BCUT2D eigenvalue weighted by molar-refractivity contribution is 6.33. The van der Waals surface area contributed by atoms with E-state index < -0.39 is 0 Å².